The highest BCUT2D eigenvalue weighted by molar-refractivity contribution is 6.28. The summed E-state index contributed by atoms with van der Waals surface area (Å²) in [5, 5.41) is 0.0799. The Labute approximate surface area is 146 Å². The summed E-state index contributed by atoms with van der Waals surface area (Å²) in [6, 6.07) is 5.47. The molecule has 2 N–H and O–H groups in total. The molecule has 1 fully saturated rings. The van der Waals surface area contributed by atoms with E-state index in [9.17, 15) is 4.39 Å². The van der Waals surface area contributed by atoms with Crippen LogP contribution in [-0.2, 0) is 0 Å². The summed E-state index contributed by atoms with van der Waals surface area (Å²) in [5.74, 6) is -0.367. The van der Waals surface area contributed by atoms with E-state index in [1.54, 1.807) is 12.1 Å². The zero-order valence-electron chi connectivity index (χ0n) is 14.0. The molecule has 1 saturated heterocycles. The van der Waals surface area contributed by atoms with Gasteiger partial charge in [-0.05, 0) is 50.7 Å². The standard InChI is InChI=1S/C17H21ClFN5/c1-10-8-24(9-11(2)23(10)3)16-7-13(19)12(6-14(16)20)15-4-5-21-17(18)22-15/h4-7,10-11H,8-9,20H2,1-3H3/t10-,11+. The summed E-state index contributed by atoms with van der Waals surface area (Å²) in [7, 11) is 2.11. The number of hydrogen-bond acceptors (Lipinski definition) is 5. The Bertz CT molecular complexity index is 742. The van der Waals surface area contributed by atoms with Crippen LogP contribution in [0.4, 0.5) is 15.8 Å². The third kappa shape index (κ3) is 3.16. The summed E-state index contributed by atoms with van der Waals surface area (Å²) in [5.41, 5.74) is 8.23. The minimum atomic E-state index is -0.367. The predicted molar refractivity (Wildman–Crippen MR) is 95.7 cm³/mol. The van der Waals surface area contributed by atoms with E-state index in [2.05, 4.69) is 40.7 Å². The molecule has 24 heavy (non-hydrogen) atoms. The molecule has 0 aliphatic carbocycles. The van der Waals surface area contributed by atoms with E-state index < -0.39 is 0 Å². The molecule has 1 aromatic carbocycles. The number of nitrogens with zero attached hydrogens (tertiary/aromatic N) is 4. The number of nitrogens with two attached hydrogens (primary N) is 1. The molecule has 0 radical (unpaired) electrons. The number of rotatable bonds is 2. The number of piperazine rings is 1. The van der Waals surface area contributed by atoms with Gasteiger partial charge in [0.1, 0.15) is 5.82 Å². The first-order chi connectivity index (χ1) is 11.4. The maximum atomic E-state index is 14.7. The number of likely N-dealkylation sites (N-methyl/N-ethyl adjacent to an activating group) is 1. The molecule has 128 valence electrons. The van der Waals surface area contributed by atoms with Crippen LogP contribution in [0.3, 0.4) is 0 Å². The third-order valence-corrected chi connectivity index (χ3v) is 4.90. The summed E-state index contributed by atoms with van der Waals surface area (Å²) >= 11 is 5.80. The predicted octanol–water partition coefficient (Wildman–Crippen LogP) is 3.05. The lowest BCUT2D eigenvalue weighted by atomic mass is 10.0. The number of benzene rings is 1. The molecule has 0 spiro atoms. The van der Waals surface area contributed by atoms with Crippen LogP contribution >= 0.6 is 11.6 Å². The molecule has 7 heteroatoms. The molecule has 0 amide bonds. The molecule has 2 atom stereocenters. The summed E-state index contributed by atoms with van der Waals surface area (Å²) in [6.45, 7) is 5.94. The van der Waals surface area contributed by atoms with E-state index in [-0.39, 0.29) is 11.1 Å². The topological polar surface area (TPSA) is 58.3 Å². The van der Waals surface area contributed by atoms with Crippen molar-refractivity contribution in [2.75, 3.05) is 30.8 Å². The fourth-order valence-corrected chi connectivity index (χ4v) is 3.28. The first kappa shape index (κ1) is 16.9. The average Bonchev–Trinajstić information content (AvgIpc) is 2.54. The Morgan fingerprint density at radius 2 is 1.92 bits per heavy atom. The van der Waals surface area contributed by atoms with E-state index in [1.807, 2.05) is 0 Å². The van der Waals surface area contributed by atoms with Crippen molar-refractivity contribution in [2.24, 2.45) is 0 Å². The molecule has 0 bridgehead atoms. The first-order valence-electron chi connectivity index (χ1n) is 7.91. The monoisotopic (exact) mass is 349 g/mol. The average molecular weight is 350 g/mol. The fourth-order valence-electron chi connectivity index (χ4n) is 3.14. The lowest BCUT2D eigenvalue weighted by Crippen LogP contribution is -2.55. The molecule has 2 aromatic rings. The number of halogens is 2. The highest BCUT2D eigenvalue weighted by Crippen LogP contribution is 2.33. The minimum Gasteiger partial charge on any atom is -0.397 e. The Kier molecular flexibility index (Phi) is 4.60. The Hall–Kier alpha value is -1.92. The van der Waals surface area contributed by atoms with Gasteiger partial charge in [0.25, 0.3) is 0 Å². The van der Waals surface area contributed by atoms with E-state index in [0.717, 1.165) is 18.8 Å². The van der Waals surface area contributed by atoms with Crippen LogP contribution in [0, 0.1) is 5.82 Å². The zero-order chi connectivity index (χ0) is 17.4. The van der Waals surface area contributed by atoms with Gasteiger partial charge in [-0.1, -0.05) is 0 Å². The molecule has 2 heterocycles. The second kappa shape index (κ2) is 6.53. The van der Waals surface area contributed by atoms with Crippen molar-refractivity contribution < 1.29 is 4.39 Å². The molecular weight excluding hydrogens is 329 g/mol. The van der Waals surface area contributed by atoms with Crippen LogP contribution in [-0.4, -0.2) is 47.1 Å². The van der Waals surface area contributed by atoms with Gasteiger partial charge >= 0.3 is 0 Å². The molecule has 0 saturated carbocycles. The highest BCUT2D eigenvalue weighted by atomic mass is 35.5. The second-order valence-corrected chi connectivity index (χ2v) is 6.71. The van der Waals surface area contributed by atoms with Crippen molar-refractivity contribution in [1.82, 2.24) is 14.9 Å². The maximum absolute atomic E-state index is 14.7. The van der Waals surface area contributed by atoms with Gasteiger partial charge in [-0.3, -0.25) is 4.90 Å². The van der Waals surface area contributed by atoms with Gasteiger partial charge in [0.2, 0.25) is 5.28 Å². The van der Waals surface area contributed by atoms with Gasteiger partial charge in [-0.25, -0.2) is 14.4 Å². The SMILES string of the molecule is C[C@@H]1CN(c2cc(F)c(-c3ccnc(Cl)n3)cc2N)C[C@H](C)N1C. The lowest BCUT2D eigenvalue weighted by molar-refractivity contribution is 0.170. The Balaban J connectivity index is 1.96. The van der Waals surface area contributed by atoms with Crippen LogP contribution in [0.1, 0.15) is 13.8 Å². The van der Waals surface area contributed by atoms with Crippen LogP contribution in [0.15, 0.2) is 24.4 Å². The summed E-state index contributed by atoms with van der Waals surface area (Å²) in [4.78, 5) is 12.3. The number of anilines is 2. The molecular formula is C17H21ClFN5. The largest absolute Gasteiger partial charge is 0.397 e. The van der Waals surface area contributed by atoms with Crippen molar-refractivity contribution in [3.8, 4) is 11.3 Å². The van der Waals surface area contributed by atoms with Gasteiger partial charge in [0.15, 0.2) is 0 Å². The first-order valence-corrected chi connectivity index (χ1v) is 8.29. The van der Waals surface area contributed by atoms with Crippen molar-refractivity contribution in [3.63, 3.8) is 0 Å². The fraction of sp³-hybridized carbons (Fsp3) is 0.412. The normalized spacial score (nSPS) is 22.0. The van der Waals surface area contributed by atoms with E-state index >= 15 is 0 Å². The van der Waals surface area contributed by atoms with E-state index in [1.165, 1.54) is 12.3 Å². The van der Waals surface area contributed by atoms with E-state index in [4.69, 9.17) is 17.3 Å². The molecule has 1 aromatic heterocycles. The van der Waals surface area contributed by atoms with Crippen LogP contribution in [0.2, 0.25) is 5.28 Å². The molecule has 3 rings (SSSR count). The van der Waals surface area contributed by atoms with Crippen LogP contribution in [0.25, 0.3) is 11.3 Å². The van der Waals surface area contributed by atoms with Gasteiger partial charge in [-0.15, -0.1) is 0 Å². The van der Waals surface area contributed by atoms with Crippen LogP contribution < -0.4 is 10.6 Å². The number of aromatic nitrogens is 2. The lowest BCUT2D eigenvalue weighted by Gasteiger charge is -2.43. The van der Waals surface area contributed by atoms with Crippen LogP contribution in [0.5, 0.6) is 0 Å². The van der Waals surface area contributed by atoms with Gasteiger partial charge in [0, 0.05) is 36.9 Å². The van der Waals surface area contributed by atoms with Crippen molar-refractivity contribution >= 4 is 23.0 Å². The number of hydrogen-bond donors (Lipinski definition) is 1. The summed E-state index contributed by atoms with van der Waals surface area (Å²) in [6.07, 6.45) is 1.50. The minimum absolute atomic E-state index is 0.0799. The van der Waals surface area contributed by atoms with E-state index in [0.29, 0.717) is 29.0 Å². The highest BCUT2D eigenvalue weighted by Gasteiger charge is 2.28. The van der Waals surface area contributed by atoms with Crippen molar-refractivity contribution in [2.45, 2.75) is 25.9 Å². The third-order valence-electron chi connectivity index (χ3n) is 4.72. The molecule has 1 aliphatic rings. The molecule has 1 aliphatic heterocycles. The quantitative estimate of drug-likeness (QED) is 0.667. The Morgan fingerprint density at radius 3 is 2.54 bits per heavy atom. The Morgan fingerprint density at radius 1 is 1.25 bits per heavy atom. The van der Waals surface area contributed by atoms with Crippen molar-refractivity contribution in [1.29, 1.82) is 0 Å². The zero-order valence-corrected chi connectivity index (χ0v) is 14.8. The van der Waals surface area contributed by atoms with Gasteiger partial charge in [0.05, 0.1) is 17.1 Å². The summed E-state index contributed by atoms with van der Waals surface area (Å²) < 4.78 is 14.7. The number of nitrogen functional groups attached to an aromatic ring is 1. The molecule has 0 unspecified atom stereocenters. The van der Waals surface area contributed by atoms with Gasteiger partial charge in [-0.2, -0.15) is 0 Å². The van der Waals surface area contributed by atoms with Gasteiger partial charge < -0.3 is 10.6 Å². The molecule has 5 nitrogen and oxygen atoms in total. The maximum Gasteiger partial charge on any atom is 0.222 e. The second-order valence-electron chi connectivity index (χ2n) is 6.37. The van der Waals surface area contributed by atoms with Crippen molar-refractivity contribution in [3.05, 3.63) is 35.5 Å². The smallest absolute Gasteiger partial charge is 0.222 e.